The molecule has 35 heavy (non-hydrogen) atoms. The zero-order valence-corrected chi connectivity index (χ0v) is 18.8. The van der Waals surface area contributed by atoms with E-state index in [0.29, 0.717) is 23.0 Å². The van der Waals surface area contributed by atoms with Gasteiger partial charge in [0.15, 0.2) is 0 Å². The van der Waals surface area contributed by atoms with Crippen LogP contribution in [0.25, 0.3) is 11.3 Å². The van der Waals surface area contributed by atoms with E-state index in [1.165, 1.54) is 12.1 Å². The number of aryl methyl sites for hydroxylation is 1. The maximum Gasteiger partial charge on any atom is 0.416 e. The van der Waals surface area contributed by atoms with Crippen LogP contribution in [0.2, 0.25) is 0 Å². The highest BCUT2D eigenvalue weighted by Crippen LogP contribution is 2.30. The number of carbonyl (C=O) groups is 1. The predicted octanol–water partition coefficient (Wildman–Crippen LogP) is 5.90. The molecule has 0 aliphatic rings. The second-order valence-electron chi connectivity index (χ2n) is 7.63. The SMILES string of the molecule is CNc1ccc(-c2ccnc(Nc3cc(NC(=O)c4cccc(C(F)(F)F)c4)ccc3C)n2)cn1. The molecule has 2 aromatic heterocycles. The second-order valence-corrected chi connectivity index (χ2v) is 7.63. The Labute approximate surface area is 199 Å². The number of carbonyl (C=O) groups excluding carboxylic acids is 1. The van der Waals surface area contributed by atoms with Crippen LogP contribution in [0.4, 0.5) is 36.3 Å². The topological polar surface area (TPSA) is 91.8 Å². The number of amides is 1. The molecule has 0 radical (unpaired) electrons. The molecule has 1 amide bonds. The summed E-state index contributed by atoms with van der Waals surface area (Å²) in [6.45, 7) is 1.87. The molecule has 3 N–H and O–H groups in total. The molecule has 0 unspecified atom stereocenters. The van der Waals surface area contributed by atoms with Crippen molar-refractivity contribution < 1.29 is 18.0 Å². The Bertz CT molecular complexity index is 1360. The highest BCUT2D eigenvalue weighted by Gasteiger charge is 2.30. The summed E-state index contributed by atoms with van der Waals surface area (Å²) < 4.78 is 38.9. The van der Waals surface area contributed by atoms with Crippen molar-refractivity contribution in [1.82, 2.24) is 15.0 Å². The molecule has 4 rings (SSSR count). The average molecular weight is 478 g/mol. The van der Waals surface area contributed by atoms with Crippen LogP contribution >= 0.6 is 0 Å². The Morgan fingerprint density at radius 1 is 0.971 bits per heavy atom. The third kappa shape index (κ3) is 5.72. The lowest BCUT2D eigenvalue weighted by Gasteiger charge is -2.13. The predicted molar refractivity (Wildman–Crippen MR) is 129 cm³/mol. The van der Waals surface area contributed by atoms with Crippen LogP contribution in [0.1, 0.15) is 21.5 Å². The summed E-state index contributed by atoms with van der Waals surface area (Å²) in [5, 5.41) is 8.73. The lowest BCUT2D eigenvalue weighted by atomic mass is 10.1. The molecule has 2 aromatic carbocycles. The number of anilines is 4. The van der Waals surface area contributed by atoms with Gasteiger partial charge in [0.2, 0.25) is 5.95 Å². The molecule has 0 fully saturated rings. The highest BCUT2D eigenvalue weighted by molar-refractivity contribution is 6.04. The van der Waals surface area contributed by atoms with E-state index < -0.39 is 17.6 Å². The van der Waals surface area contributed by atoms with Gasteiger partial charge in [0.05, 0.1) is 11.3 Å². The zero-order valence-electron chi connectivity index (χ0n) is 18.8. The van der Waals surface area contributed by atoms with Gasteiger partial charge in [-0.2, -0.15) is 13.2 Å². The third-order valence-corrected chi connectivity index (χ3v) is 5.16. The van der Waals surface area contributed by atoms with Gasteiger partial charge in [0, 0.05) is 41.9 Å². The van der Waals surface area contributed by atoms with E-state index in [2.05, 4.69) is 30.9 Å². The van der Waals surface area contributed by atoms with Gasteiger partial charge in [-0.3, -0.25) is 4.79 Å². The molecule has 0 saturated carbocycles. The van der Waals surface area contributed by atoms with E-state index in [4.69, 9.17) is 0 Å². The van der Waals surface area contributed by atoms with Crippen molar-refractivity contribution in [3.05, 3.63) is 89.7 Å². The van der Waals surface area contributed by atoms with Crippen LogP contribution in [-0.2, 0) is 6.18 Å². The van der Waals surface area contributed by atoms with E-state index in [1.54, 1.807) is 43.7 Å². The van der Waals surface area contributed by atoms with Gasteiger partial charge < -0.3 is 16.0 Å². The standard InChI is InChI=1S/C25H21F3N6O/c1-15-6-8-19(32-23(35)16-4-3-5-18(12-16)25(26,27)28)13-21(15)34-24-30-11-10-20(33-24)17-7-9-22(29-2)31-14-17/h3-14H,1-2H3,(H,29,31)(H,32,35)(H,30,33,34). The van der Waals surface area contributed by atoms with Crippen LogP contribution in [-0.4, -0.2) is 27.9 Å². The van der Waals surface area contributed by atoms with Gasteiger partial charge >= 0.3 is 6.18 Å². The molecular weight excluding hydrogens is 457 g/mol. The van der Waals surface area contributed by atoms with Crippen molar-refractivity contribution >= 4 is 29.0 Å². The number of hydrogen-bond acceptors (Lipinski definition) is 6. The number of nitrogens with zero attached hydrogens (tertiary/aromatic N) is 3. The number of hydrogen-bond donors (Lipinski definition) is 3. The maximum absolute atomic E-state index is 13.0. The largest absolute Gasteiger partial charge is 0.416 e. The van der Waals surface area contributed by atoms with Gasteiger partial charge in [-0.15, -0.1) is 0 Å². The molecule has 0 saturated heterocycles. The van der Waals surface area contributed by atoms with Crippen LogP contribution in [0, 0.1) is 6.92 Å². The number of rotatable bonds is 6. The molecule has 0 aliphatic carbocycles. The van der Waals surface area contributed by atoms with Crippen molar-refractivity contribution in [2.24, 2.45) is 0 Å². The summed E-state index contributed by atoms with van der Waals surface area (Å²) in [7, 11) is 1.78. The molecule has 0 atom stereocenters. The first-order valence-electron chi connectivity index (χ1n) is 10.6. The number of halogens is 3. The Morgan fingerprint density at radius 2 is 1.80 bits per heavy atom. The van der Waals surface area contributed by atoms with Crippen LogP contribution < -0.4 is 16.0 Å². The number of nitrogens with one attached hydrogen (secondary N) is 3. The van der Waals surface area contributed by atoms with E-state index >= 15 is 0 Å². The number of pyridine rings is 1. The van der Waals surface area contributed by atoms with Crippen LogP contribution in [0.3, 0.4) is 0 Å². The number of aromatic nitrogens is 3. The highest BCUT2D eigenvalue weighted by atomic mass is 19.4. The monoisotopic (exact) mass is 478 g/mol. The van der Waals surface area contributed by atoms with E-state index in [9.17, 15) is 18.0 Å². The number of benzene rings is 2. The molecule has 10 heteroatoms. The van der Waals surface area contributed by atoms with Crippen molar-refractivity contribution in [1.29, 1.82) is 0 Å². The van der Waals surface area contributed by atoms with Gasteiger partial charge in [-0.25, -0.2) is 15.0 Å². The summed E-state index contributed by atoms with van der Waals surface area (Å²) in [4.78, 5) is 25.6. The van der Waals surface area contributed by atoms with E-state index in [-0.39, 0.29) is 5.56 Å². The summed E-state index contributed by atoms with van der Waals surface area (Å²) in [6, 6.07) is 14.9. The molecular formula is C25H21F3N6O. The first-order valence-corrected chi connectivity index (χ1v) is 10.6. The normalized spacial score (nSPS) is 11.1. The fraction of sp³-hybridized carbons (Fsp3) is 0.120. The Kier molecular flexibility index (Phi) is 6.63. The molecule has 2 heterocycles. The Morgan fingerprint density at radius 3 is 2.51 bits per heavy atom. The van der Waals surface area contributed by atoms with Crippen molar-refractivity contribution in [3.8, 4) is 11.3 Å². The number of alkyl halides is 3. The quantitative estimate of drug-likeness (QED) is 0.319. The van der Waals surface area contributed by atoms with Gasteiger partial charge in [-0.05, 0) is 61.0 Å². The summed E-state index contributed by atoms with van der Waals surface area (Å²) in [5.74, 6) is 0.423. The summed E-state index contributed by atoms with van der Waals surface area (Å²) >= 11 is 0. The van der Waals surface area contributed by atoms with Gasteiger partial charge in [0.1, 0.15) is 5.82 Å². The average Bonchev–Trinajstić information content (AvgIpc) is 2.86. The zero-order chi connectivity index (χ0) is 25.0. The molecule has 7 nitrogen and oxygen atoms in total. The maximum atomic E-state index is 13.0. The smallest absolute Gasteiger partial charge is 0.373 e. The van der Waals surface area contributed by atoms with E-state index in [0.717, 1.165) is 29.1 Å². The Hall–Kier alpha value is -4.47. The van der Waals surface area contributed by atoms with Crippen molar-refractivity contribution in [2.75, 3.05) is 23.0 Å². The lowest BCUT2D eigenvalue weighted by Crippen LogP contribution is -2.14. The minimum atomic E-state index is -4.53. The minimum absolute atomic E-state index is 0.0937. The molecule has 0 aliphatic heterocycles. The van der Waals surface area contributed by atoms with Crippen molar-refractivity contribution in [2.45, 2.75) is 13.1 Å². The second kappa shape index (κ2) is 9.80. The molecule has 0 bridgehead atoms. The fourth-order valence-electron chi connectivity index (χ4n) is 3.27. The van der Waals surface area contributed by atoms with Crippen LogP contribution in [0.5, 0.6) is 0 Å². The fourth-order valence-corrected chi connectivity index (χ4v) is 3.27. The first kappa shape index (κ1) is 23.7. The minimum Gasteiger partial charge on any atom is -0.373 e. The lowest BCUT2D eigenvalue weighted by molar-refractivity contribution is -0.137. The summed E-state index contributed by atoms with van der Waals surface area (Å²) in [6.07, 6.45) is -1.21. The van der Waals surface area contributed by atoms with E-state index in [1.807, 2.05) is 19.1 Å². The van der Waals surface area contributed by atoms with Gasteiger partial charge in [-0.1, -0.05) is 12.1 Å². The summed E-state index contributed by atoms with van der Waals surface area (Å²) in [5.41, 5.74) is 2.40. The van der Waals surface area contributed by atoms with Crippen LogP contribution in [0.15, 0.2) is 73.1 Å². The first-order chi connectivity index (χ1) is 16.7. The third-order valence-electron chi connectivity index (χ3n) is 5.16. The molecule has 4 aromatic rings. The molecule has 0 spiro atoms. The van der Waals surface area contributed by atoms with Crippen molar-refractivity contribution in [3.63, 3.8) is 0 Å². The Balaban J connectivity index is 1.53. The van der Waals surface area contributed by atoms with Gasteiger partial charge in [0.25, 0.3) is 5.91 Å². The molecule has 178 valence electrons.